The normalized spacial score (nSPS) is 16.8. The monoisotopic (exact) mass is 699 g/mol. The first-order chi connectivity index (χ1) is 22.9. The van der Waals surface area contributed by atoms with E-state index in [0.29, 0.717) is 47.1 Å². The van der Waals surface area contributed by atoms with Crippen molar-refractivity contribution in [1.82, 2.24) is 5.32 Å². The van der Waals surface area contributed by atoms with Crippen LogP contribution in [0.15, 0.2) is 106 Å². The van der Waals surface area contributed by atoms with Crippen LogP contribution in [0.4, 0.5) is 5.69 Å². The number of hydrogen-bond acceptors (Lipinski definition) is 8. The minimum absolute atomic E-state index is 0.0370. The highest BCUT2D eigenvalue weighted by Crippen LogP contribution is 2.45. The predicted octanol–water partition coefficient (Wildman–Crippen LogP) is 6.99. The Balaban J connectivity index is 1.60. The molecule has 2 atom stereocenters. The van der Waals surface area contributed by atoms with Crippen LogP contribution in [-0.2, 0) is 22.5 Å². The number of azide groups is 1. The largest absolute Gasteiger partial charge is 0.497 e. The number of nitrogens with zero attached hydrogens (tertiary/aromatic N) is 4. The van der Waals surface area contributed by atoms with Crippen molar-refractivity contribution in [3.8, 4) is 17.2 Å². The van der Waals surface area contributed by atoms with E-state index < -0.39 is 11.6 Å². The standard InChI is InChI=1S/C35H34BrN5O6/c1-44-28-18-24(19-29(20-28)45-2)22-38-34(43)35(21-23-8-12-26(36)13-9-23)32(30-6-3-4-7-31(30)40-41-37)47-33(39-35)25-10-14-27(15-11-25)46-17-5-16-42/h3-4,6-15,18-20,32,42H,5,16-17,21-22H2,1-2H3,(H,38,43)/t32-,35-/m1/s1. The van der Waals surface area contributed by atoms with Crippen molar-refractivity contribution < 1.29 is 28.8 Å². The summed E-state index contributed by atoms with van der Waals surface area (Å²) in [5.41, 5.74) is 11.0. The van der Waals surface area contributed by atoms with Gasteiger partial charge in [-0.3, -0.25) is 4.79 Å². The third kappa shape index (κ3) is 7.86. The maximum absolute atomic E-state index is 14.6. The topological polar surface area (TPSA) is 147 Å². The lowest BCUT2D eigenvalue weighted by Gasteiger charge is -2.31. The number of ether oxygens (including phenoxy) is 4. The van der Waals surface area contributed by atoms with Crippen molar-refractivity contribution in [3.63, 3.8) is 0 Å². The second-order valence-corrected chi connectivity index (χ2v) is 11.7. The maximum atomic E-state index is 14.6. The van der Waals surface area contributed by atoms with E-state index in [1.165, 1.54) is 0 Å². The predicted molar refractivity (Wildman–Crippen MR) is 181 cm³/mol. The summed E-state index contributed by atoms with van der Waals surface area (Å²) >= 11 is 3.49. The number of aliphatic hydroxyl groups is 1. The Morgan fingerprint density at radius 1 is 1.00 bits per heavy atom. The van der Waals surface area contributed by atoms with Gasteiger partial charge >= 0.3 is 0 Å². The fourth-order valence-electron chi connectivity index (χ4n) is 5.33. The van der Waals surface area contributed by atoms with Crippen LogP contribution in [0.5, 0.6) is 17.2 Å². The zero-order valence-corrected chi connectivity index (χ0v) is 27.5. The van der Waals surface area contributed by atoms with Gasteiger partial charge in [-0.2, -0.15) is 0 Å². The molecule has 0 aliphatic carbocycles. The summed E-state index contributed by atoms with van der Waals surface area (Å²) in [6.45, 7) is 0.570. The number of amides is 1. The molecule has 4 aromatic rings. The highest BCUT2D eigenvalue weighted by molar-refractivity contribution is 9.10. The molecule has 242 valence electrons. The molecule has 0 saturated carbocycles. The fraction of sp³-hybridized carbons (Fsp3) is 0.257. The Morgan fingerprint density at radius 3 is 2.36 bits per heavy atom. The summed E-state index contributed by atoms with van der Waals surface area (Å²) in [5, 5.41) is 16.1. The van der Waals surface area contributed by atoms with E-state index in [4.69, 9.17) is 29.0 Å². The number of aliphatic imine (C=N–C) groups is 1. The summed E-state index contributed by atoms with van der Waals surface area (Å²) in [6, 6.07) is 27.3. The smallest absolute Gasteiger partial charge is 0.252 e. The average Bonchev–Trinajstić information content (AvgIpc) is 3.48. The van der Waals surface area contributed by atoms with Crippen molar-refractivity contribution in [3.05, 3.63) is 128 Å². The summed E-state index contributed by atoms with van der Waals surface area (Å²) < 4.78 is 24.0. The summed E-state index contributed by atoms with van der Waals surface area (Å²) in [4.78, 5) is 22.7. The van der Waals surface area contributed by atoms with E-state index >= 15 is 0 Å². The molecule has 5 rings (SSSR count). The van der Waals surface area contributed by atoms with Gasteiger partial charge in [0.1, 0.15) is 17.2 Å². The van der Waals surface area contributed by atoms with Gasteiger partial charge in [0.05, 0.1) is 20.8 Å². The van der Waals surface area contributed by atoms with Gasteiger partial charge in [0.2, 0.25) is 5.90 Å². The van der Waals surface area contributed by atoms with Crippen molar-refractivity contribution in [2.24, 2.45) is 10.1 Å². The van der Waals surface area contributed by atoms with Crippen LogP contribution in [0.25, 0.3) is 10.4 Å². The molecule has 0 radical (unpaired) electrons. The zero-order chi connectivity index (χ0) is 33.2. The van der Waals surface area contributed by atoms with Gasteiger partial charge in [-0.25, -0.2) is 4.99 Å². The van der Waals surface area contributed by atoms with E-state index in [2.05, 4.69) is 31.3 Å². The van der Waals surface area contributed by atoms with Crippen molar-refractivity contribution in [2.45, 2.75) is 31.0 Å². The summed E-state index contributed by atoms with van der Waals surface area (Å²) in [5.74, 6) is 1.67. The number of carbonyl (C=O) groups excluding carboxylic acids is 1. The Hall–Kier alpha value is -5.03. The molecule has 0 bridgehead atoms. The van der Waals surface area contributed by atoms with E-state index in [1.807, 2.05) is 36.4 Å². The van der Waals surface area contributed by atoms with E-state index in [9.17, 15) is 10.3 Å². The molecule has 0 spiro atoms. The van der Waals surface area contributed by atoms with Crippen LogP contribution in [0.2, 0.25) is 0 Å². The molecule has 1 aliphatic heterocycles. The van der Waals surface area contributed by atoms with Crippen LogP contribution >= 0.6 is 15.9 Å². The molecule has 12 heteroatoms. The fourth-order valence-corrected chi connectivity index (χ4v) is 5.59. The number of aliphatic hydroxyl groups excluding tert-OH is 1. The molecule has 0 unspecified atom stereocenters. The number of benzene rings is 4. The Bertz CT molecular complexity index is 1750. The van der Waals surface area contributed by atoms with Crippen molar-refractivity contribution in [1.29, 1.82) is 0 Å². The van der Waals surface area contributed by atoms with Gasteiger partial charge in [-0.15, -0.1) is 0 Å². The SMILES string of the molecule is COc1cc(CNC(=O)[C@]2(Cc3ccc(Br)cc3)N=C(c3ccc(OCCCO)cc3)O[C@@H]2c2ccccc2N=[N+]=[N-])cc(OC)c1. The number of hydrogen-bond donors (Lipinski definition) is 2. The van der Waals surface area contributed by atoms with Gasteiger partial charge < -0.3 is 29.4 Å². The van der Waals surface area contributed by atoms with Gasteiger partial charge in [0.25, 0.3) is 5.91 Å². The Morgan fingerprint density at radius 2 is 1.70 bits per heavy atom. The average molecular weight is 701 g/mol. The lowest BCUT2D eigenvalue weighted by atomic mass is 9.81. The number of rotatable bonds is 14. The molecule has 4 aromatic carbocycles. The molecule has 0 saturated heterocycles. The molecule has 1 heterocycles. The molecule has 0 aromatic heterocycles. The second-order valence-electron chi connectivity index (χ2n) is 10.7. The third-order valence-electron chi connectivity index (χ3n) is 7.65. The first-order valence-electron chi connectivity index (χ1n) is 14.9. The quantitative estimate of drug-likeness (QED) is 0.0628. The Labute approximate surface area is 280 Å². The highest BCUT2D eigenvalue weighted by Gasteiger charge is 2.53. The van der Waals surface area contributed by atoms with Gasteiger partial charge in [-0.05, 0) is 65.2 Å². The maximum Gasteiger partial charge on any atom is 0.252 e. The molecular formula is C35H34BrN5O6. The van der Waals surface area contributed by atoms with Gasteiger partial charge in [0, 0.05) is 58.3 Å². The summed E-state index contributed by atoms with van der Waals surface area (Å²) in [6.07, 6.45) is -0.266. The van der Waals surface area contributed by atoms with Crippen LogP contribution in [0.3, 0.4) is 0 Å². The zero-order valence-electron chi connectivity index (χ0n) is 25.9. The van der Waals surface area contributed by atoms with Crippen molar-refractivity contribution >= 4 is 33.4 Å². The molecule has 2 N–H and O–H groups in total. The minimum atomic E-state index is -1.51. The van der Waals surface area contributed by atoms with Gasteiger partial charge in [-0.1, -0.05) is 57.4 Å². The van der Waals surface area contributed by atoms with E-state index in [1.54, 1.807) is 68.8 Å². The highest BCUT2D eigenvalue weighted by atomic mass is 79.9. The first-order valence-corrected chi connectivity index (χ1v) is 15.7. The molecule has 1 amide bonds. The third-order valence-corrected chi connectivity index (χ3v) is 8.18. The van der Waals surface area contributed by atoms with Crippen LogP contribution in [-0.4, -0.2) is 49.9 Å². The van der Waals surface area contributed by atoms with Crippen LogP contribution < -0.4 is 19.5 Å². The van der Waals surface area contributed by atoms with Crippen molar-refractivity contribution in [2.75, 3.05) is 27.4 Å². The molecule has 47 heavy (non-hydrogen) atoms. The number of methoxy groups -OCH3 is 2. The minimum Gasteiger partial charge on any atom is -0.497 e. The van der Waals surface area contributed by atoms with Gasteiger partial charge in [0.15, 0.2) is 11.6 Å². The number of carbonyl (C=O) groups is 1. The second kappa shape index (κ2) is 15.5. The number of nitrogens with one attached hydrogen (secondary N) is 1. The number of halogens is 1. The molecule has 0 fully saturated rings. The first kappa shape index (κ1) is 33.3. The molecule has 1 aliphatic rings. The Kier molecular flexibility index (Phi) is 11.0. The molecule has 11 nitrogen and oxygen atoms in total. The lowest BCUT2D eigenvalue weighted by Crippen LogP contribution is -2.49. The lowest BCUT2D eigenvalue weighted by molar-refractivity contribution is -0.129. The van der Waals surface area contributed by atoms with E-state index in [-0.39, 0.29) is 31.4 Å². The van der Waals surface area contributed by atoms with Crippen LogP contribution in [0, 0.1) is 0 Å². The molecular weight excluding hydrogens is 666 g/mol. The summed E-state index contributed by atoms with van der Waals surface area (Å²) in [7, 11) is 3.13. The van der Waals surface area contributed by atoms with E-state index in [0.717, 1.165) is 15.6 Å². The van der Waals surface area contributed by atoms with Crippen LogP contribution in [0.1, 0.15) is 34.8 Å².